The maximum absolute atomic E-state index is 9.70. The third kappa shape index (κ3) is 10.6. The number of carbonyl (C=O) groups excluding carboxylic acids is 1. The van der Waals surface area contributed by atoms with Gasteiger partial charge in [-0.25, -0.2) is 0 Å². The van der Waals surface area contributed by atoms with Crippen LogP contribution < -0.4 is 5.32 Å². The number of hydrogen-bond acceptors (Lipinski definition) is 4. The van der Waals surface area contributed by atoms with Crippen LogP contribution in [0.4, 0.5) is 0 Å². The lowest BCUT2D eigenvalue weighted by molar-refractivity contribution is -0.0980. The van der Waals surface area contributed by atoms with Crippen molar-refractivity contribution in [3.05, 3.63) is 101 Å². The van der Waals surface area contributed by atoms with Crippen LogP contribution in [0.1, 0.15) is 69.2 Å². The van der Waals surface area contributed by atoms with E-state index < -0.39 is 0 Å². The Kier molecular flexibility index (Phi) is 16.2. The SMILES string of the molecule is C=C.C=C(CCC1=C(C)CC(c2cccc(O)c2)=N1)NCCc1ccc(CC)c(C)c1.C=O.CC. The van der Waals surface area contributed by atoms with Crippen molar-refractivity contribution in [3.63, 3.8) is 0 Å². The van der Waals surface area contributed by atoms with Crippen LogP contribution in [0, 0.1) is 6.92 Å². The fraction of sp³-hybridized carbons (Fsp3) is 0.355. The van der Waals surface area contributed by atoms with Gasteiger partial charge in [0, 0.05) is 24.4 Å². The van der Waals surface area contributed by atoms with Gasteiger partial charge < -0.3 is 15.2 Å². The largest absolute Gasteiger partial charge is 0.508 e. The van der Waals surface area contributed by atoms with Crippen molar-refractivity contribution in [2.75, 3.05) is 6.54 Å². The summed E-state index contributed by atoms with van der Waals surface area (Å²) in [7, 11) is 0. The van der Waals surface area contributed by atoms with Crippen LogP contribution in [-0.2, 0) is 17.6 Å². The molecule has 0 amide bonds. The zero-order valence-corrected chi connectivity index (χ0v) is 22.4. The molecule has 4 heteroatoms. The van der Waals surface area contributed by atoms with E-state index in [2.05, 4.69) is 64.0 Å². The molecule has 1 heterocycles. The summed E-state index contributed by atoms with van der Waals surface area (Å²) in [5, 5.41) is 13.2. The molecule has 190 valence electrons. The quantitative estimate of drug-likeness (QED) is 0.368. The maximum atomic E-state index is 9.70. The molecule has 0 saturated carbocycles. The van der Waals surface area contributed by atoms with Crippen LogP contribution in [-0.4, -0.2) is 24.2 Å². The van der Waals surface area contributed by atoms with E-state index in [4.69, 9.17) is 9.79 Å². The van der Waals surface area contributed by atoms with Crippen LogP contribution in [0.2, 0.25) is 0 Å². The third-order valence-corrected chi connectivity index (χ3v) is 5.61. The van der Waals surface area contributed by atoms with Crippen molar-refractivity contribution in [3.8, 4) is 5.75 Å². The van der Waals surface area contributed by atoms with Crippen molar-refractivity contribution in [2.45, 2.75) is 66.7 Å². The van der Waals surface area contributed by atoms with Crippen LogP contribution >= 0.6 is 0 Å². The predicted molar refractivity (Wildman–Crippen MR) is 152 cm³/mol. The summed E-state index contributed by atoms with van der Waals surface area (Å²) in [6.07, 6.45) is 4.73. The summed E-state index contributed by atoms with van der Waals surface area (Å²) < 4.78 is 0. The van der Waals surface area contributed by atoms with Crippen molar-refractivity contribution in [2.24, 2.45) is 4.99 Å². The van der Waals surface area contributed by atoms with E-state index in [-0.39, 0.29) is 5.75 Å². The van der Waals surface area contributed by atoms with Gasteiger partial charge in [-0.15, -0.1) is 13.2 Å². The lowest BCUT2D eigenvalue weighted by Gasteiger charge is -2.11. The molecule has 1 aliphatic rings. The van der Waals surface area contributed by atoms with E-state index in [0.717, 1.165) is 61.3 Å². The second-order valence-corrected chi connectivity index (χ2v) is 7.91. The lowest BCUT2D eigenvalue weighted by Crippen LogP contribution is -2.16. The molecule has 2 aromatic rings. The van der Waals surface area contributed by atoms with Crippen LogP contribution in [0.3, 0.4) is 0 Å². The number of aliphatic imine (C=N–C) groups is 1. The highest BCUT2D eigenvalue weighted by Crippen LogP contribution is 2.28. The molecule has 0 aromatic heterocycles. The summed E-state index contributed by atoms with van der Waals surface area (Å²) in [5.74, 6) is 0.286. The first-order valence-corrected chi connectivity index (χ1v) is 12.3. The first kappa shape index (κ1) is 31.6. The number of phenolic OH excluding ortho intramolecular Hbond substituents is 1. The molecule has 0 atom stereocenters. The van der Waals surface area contributed by atoms with Crippen LogP contribution in [0.25, 0.3) is 0 Å². The normalized spacial score (nSPS) is 11.6. The Morgan fingerprint density at radius 1 is 1.06 bits per heavy atom. The standard InChI is InChI=1S/C26H32N2O.C2H6.C2H4.CH2O/c1-5-22-11-10-21(15-18(22)2)13-14-27-20(4)9-12-25-19(3)16-26(28-25)23-7-6-8-24(29)17-23;3*1-2/h6-8,10-11,15,17,27,29H,4-5,9,12-14,16H2,1-3H3;1-2H3;1-2H2;1H2. The third-order valence-electron chi connectivity index (χ3n) is 5.61. The van der Waals surface area contributed by atoms with Crippen molar-refractivity contribution in [1.29, 1.82) is 0 Å². The van der Waals surface area contributed by atoms with Gasteiger partial charge >= 0.3 is 0 Å². The number of rotatable bonds is 9. The van der Waals surface area contributed by atoms with E-state index >= 15 is 0 Å². The molecule has 0 bridgehead atoms. The molecule has 0 saturated heterocycles. The van der Waals surface area contributed by atoms with Gasteiger partial charge in [-0.05, 0) is 79.5 Å². The molecule has 0 aliphatic carbocycles. The Hall–Kier alpha value is -3.40. The zero-order chi connectivity index (χ0) is 26.8. The number of nitrogens with zero attached hydrogens (tertiary/aromatic N) is 1. The van der Waals surface area contributed by atoms with E-state index in [1.807, 2.05) is 32.8 Å². The first-order valence-electron chi connectivity index (χ1n) is 12.3. The predicted octanol–water partition coefficient (Wildman–Crippen LogP) is 7.50. The molecular formula is C31H44N2O2. The van der Waals surface area contributed by atoms with Gasteiger partial charge in [-0.1, -0.05) is 57.7 Å². The Balaban J connectivity index is 0.00000179. The highest BCUT2D eigenvalue weighted by molar-refractivity contribution is 6.04. The minimum atomic E-state index is 0.286. The summed E-state index contributed by atoms with van der Waals surface area (Å²) >= 11 is 0. The molecule has 0 unspecified atom stereocenters. The fourth-order valence-corrected chi connectivity index (χ4v) is 3.82. The monoisotopic (exact) mass is 476 g/mol. The minimum absolute atomic E-state index is 0.286. The summed E-state index contributed by atoms with van der Waals surface area (Å²) in [6, 6.07) is 14.1. The van der Waals surface area contributed by atoms with Gasteiger partial charge in [0.1, 0.15) is 12.5 Å². The first-order chi connectivity index (χ1) is 17.0. The van der Waals surface area contributed by atoms with Crippen LogP contribution in [0.5, 0.6) is 5.75 Å². The molecule has 35 heavy (non-hydrogen) atoms. The molecule has 0 radical (unpaired) electrons. The Morgan fingerprint density at radius 2 is 1.74 bits per heavy atom. The molecule has 1 aliphatic heterocycles. The number of phenols is 1. The number of aromatic hydroxyl groups is 1. The van der Waals surface area contributed by atoms with Gasteiger partial charge in [0.05, 0.1) is 5.71 Å². The minimum Gasteiger partial charge on any atom is -0.508 e. The average molecular weight is 477 g/mol. The number of benzene rings is 2. The zero-order valence-electron chi connectivity index (χ0n) is 22.4. The van der Waals surface area contributed by atoms with Crippen LogP contribution in [0.15, 0.2) is 84.2 Å². The average Bonchev–Trinajstić information content (AvgIpc) is 3.27. The Bertz CT molecular complexity index is 987. The number of aryl methyl sites for hydroxylation is 2. The highest BCUT2D eigenvalue weighted by Gasteiger charge is 2.16. The van der Waals surface area contributed by atoms with Gasteiger partial charge in [0.25, 0.3) is 0 Å². The second-order valence-electron chi connectivity index (χ2n) is 7.91. The molecule has 2 aromatic carbocycles. The summed E-state index contributed by atoms with van der Waals surface area (Å²) in [5.41, 5.74) is 9.74. The lowest BCUT2D eigenvalue weighted by atomic mass is 10.0. The van der Waals surface area contributed by atoms with Gasteiger partial charge in [-0.2, -0.15) is 0 Å². The number of carbonyl (C=O) groups is 1. The smallest absolute Gasteiger partial charge is 0.116 e. The highest BCUT2D eigenvalue weighted by atomic mass is 16.3. The summed E-state index contributed by atoms with van der Waals surface area (Å²) in [6.45, 7) is 23.6. The van der Waals surface area contributed by atoms with Gasteiger partial charge in [-0.3, -0.25) is 4.99 Å². The fourth-order valence-electron chi connectivity index (χ4n) is 3.82. The Labute approximate surface area is 213 Å². The van der Waals surface area contributed by atoms with E-state index in [1.165, 1.54) is 22.3 Å². The molecule has 0 fully saturated rings. The molecular weight excluding hydrogens is 432 g/mol. The Morgan fingerprint density at radius 3 is 2.34 bits per heavy atom. The summed E-state index contributed by atoms with van der Waals surface area (Å²) in [4.78, 5) is 12.8. The molecule has 4 nitrogen and oxygen atoms in total. The molecule has 2 N–H and O–H groups in total. The number of nitrogens with one attached hydrogen (secondary N) is 1. The maximum Gasteiger partial charge on any atom is 0.116 e. The van der Waals surface area contributed by atoms with E-state index in [0.29, 0.717) is 0 Å². The van der Waals surface area contributed by atoms with E-state index in [9.17, 15) is 5.11 Å². The van der Waals surface area contributed by atoms with Crippen molar-refractivity contribution >= 4 is 12.5 Å². The second kappa shape index (κ2) is 18.0. The van der Waals surface area contributed by atoms with Crippen molar-refractivity contribution in [1.82, 2.24) is 5.32 Å². The number of allylic oxidation sites excluding steroid dienone is 3. The molecule has 0 spiro atoms. The van der Waals surface area contributed by atoms with Crippen molar-refractivity contribution < 1.29 is 9.90 Å². The van der Waals surface area contributed by atoms with E-state index in [1.54, 1.807) is 12.1 Å². The van der Waals surface area contributed by atoms with Gasteiger partial charge in [0.15, 0.2) is 0 Å². The number of hydrogen-bond donors (Lipinski definition) is 2. The topological polar surface area (TPSA) is 61.7 Å². The van der Waals surface area contributed by atoms with Gasteiger partial charge in [0.2, 0.25) is 0 Å². The molecule has 3 rings (SSSR count).